The molecule has 23 heavy (non-hydrogen) atoms. The molecule has 0 saturated carbocycles. The molecule has 3 rings (SSSR count). The van der Waals surface area contributed by atoms with Crippen LogP contribution in [0, 0.1) is 5.82 Å². The summed E-state index contributed by atoms with van der Waals surface area (Å²) in [5.41, 5.74) is 3.45. The van der Waals surface area contributed by atoms with Crippen LogP contribution >= 0.6 is 0 Å². The van der Waals surface area contributed by atoms with Gasteiger partial charge < -0.3 is 10.2 Å². The number of nitrogens with one attached hydrogen (secondary N) is 1. The van der Waals surface area contributed by atoms with Gasteiger partial charge in [0, 0.05) is 32.0 Å². The van der Waals surface area contributed by atoms with E-state index in [1.165, 1.54) is 6.07 Å². The van der Waals surface area contributed by atoms with Crippen LogP contribution in [0.1, 0.15) is 27.0 Å². The molecule has 1 aromatic carbocycles. The standard InChI is InChI=1S/C18H20FN3O/c1-22-9-7-15-14(12-22)10-20-11-16(15)18(23)21-8-6-13-4-2-3-5-17(13)19/h2-5,10-11H,6-9,12H2,1H3,(H,21,23). The van der Waals surface area contributed by atoms with E-state index in [9.17, 15) is 9.18 Å². The number of benzene rings is 1. The van der Waals surface area contributed by atoms with Crippen LogP contribution in [0.5, 0.6) is 0 Å². The molecule has 0 atom stereocenters. The average Bonchev–Trinajstić information content (AvgIpc) is 2.55. The smallest absolute Gasteiger partial charge is 0.253 e. The number of hydrogen-bond donors (Lipinski definition) is 1. The Morgan fingerprint density at radius 2 is 2.17 bits per heavy atom. The van der Waals surface area contributed by atoms with Crippen molar-refractivity contribution in [2.75, 3.05) is 20.1 Å². The summed E-state index contributed by atoms with van der Waals surface area (Å²) < 4.78 is 13.6. The number of fused-ring (bicyclic) bond motifs is 1. The third-order valence-electron chi connectivity index (χ3n) is 4.21. The molecule has 0 spiro atoms. The lowest BCUT2D eigenvalue weighted by molar-refractivity contribution is 0.0952. The number of aromatic nitrogens is 1. The number of hydrogen-bond acceptors (Lipinski definition) is 3. The number of nitrogens with zero attached hydrogens (tertiary/aromatic N) is 2. The van der Waals surface area contributed by atoms with Gasteiger partial charge in [-0.1, -0.05) is 18.2 Å². The molecule has 0 radical (unpaired) electrons. The molecule has 0 unspecified atom stereocenters. The molecule has 1 aliphatic heterocycles. The van der Waals surface area contributed by atoms with Gasteiger partial charge >= 0.3 is 0 Å². The Hall–Kier alpha value is -2.27. The number of halogens is 1. The Morgan fingerprint density at radius 1 is 1.35 bits per heavy atom. The maximum Gasteiger partial charge on any atom is 0.253 e. The van der Waals surface area contributed by atoms with Crippen LogP contribution in [0.25, 0.3) is 0 Å². The van der Waals surface area contributed by atoms with Gasteiger partial charge in [0.1, 0.15) is 5.82 Å². The first-order valence-corrected chi connectivity index (χ1v) is 7.81. The summed E-state index contributed by atoms with van der Waals surface area (Å²) in [6, 6.07) is 6.64. The lowest BCUT2D eigenvalue weighted by atomic mass is 9.97. The van der Waals surface area contributed by atoms with Gasteiger partial charge in [-0.15, -0.1) is 0 Å². The van der Waals surface area contributed by atoms with Gasteiger partial charge in [-0.2, -0.15) is 0 Å². The predicted octanol–water partition coefficient (Wildman–Crippen LogP) is 2.18. The van der Waals surface area contributed by atoms with Crippen LogP contribution in [0.3, 0.4) is 0 Å². The van der Waals surface area contributed by atoms with E-state index in [-0.39, 0.29) is 11.7 Å². The minimum Gasteiger partial charge on any atom is -0.352 e. The Kier molecular flexibility index (Phi) is 4.67. The maximum atomic E-state index is 13.6. The van der Waals surface area contributed by atoms with E-state index in [0.29, 0.717) is 24.1 Å². The third kappa shape index (κ3) is 3.56. The first-order valence-electron chi connectivity index (χ1n) is 7.81. The van der Waals surface area contributed by atoms with Crippen LogP contribution in [0.4, 0.5) is 4.39 Å². The SMILES string of the molecule is CN1CCc2c(cncc2C(=O)NCCc2ccccc2F)C1. The van der Waals surface area contributed by atoms with Crippen LogP contribution in [0.15, 0.2) is 36.7 Å². The van der Waals surface area contributed by atoms with Crippen molar-refractivity contribution in [3.63, 3.8) is 0 Å². The Balaban J connectivity index is 1.65. The van der Waals surface area contributed by atoms with Gasteiger partial charge in [0.15, 0.2) is 0 Å². The number of rotatable bonds is 4. The average molecular weight is 313 g/mol. The van der Waals surface area contributed by atoms with E-state index in [0.717, 1.165) is 30.6 Å². The second-order valence-corrected chi connectivity index (χ2v) is 5.91. The predicted molar refractivity (Wildman–Crippen MR) is 86.7 cm³/mol. The second kappa shape index (κ2) is 6.87. The first-order chi connectivity index (χ1) is 11.1. The van der Waals surface area contributed by atoms with E-state index >= 15 is 0 Å². The van der Waals surface area contributed by atoms with E-state index in [1.54, 1.807) is 24.4 Å². The highest BCUT2D eigenvalue weighted by Crippen LogP contribution is 2.20. The zero-order valence-corrected chi connectivity index (χ0v) is 13.2. The van der Waals surface area contributed by atoms with E-state index in [2.05, 4.69) is 22.2 Å². The zero-order valence-electron chi connectivity index (χ0n) is 13.2. The molecular formula is C18H20FN3O. The highest BCUT2D eigenvalue weighted by molar-refractivity contribution is 5.95. The van der Waals surface area contributed by atoms with E-state index < -0.39 is 0 Å². The highest BCUT2D eigenvalue weighted by atomic mass is 19.1. The number of pyridine rings is 1. The lowest BCUT2D eigenvalue weighted by Crippen LogP contribution is -2.31. The van der Waals surface area contributed by atoms with Crippen LogP contribution < -0.4 is 5.32 Å². The normalized spacial score (nSPS) is 14.3. The molecule has 0 bridgehead atoms. The molecule has 120 valence electrons. The van der Waals surface area contributed by atoms with Crippen molar-refractivity contribution >= 4 is 5.91 Å². The van der Waals surface area contributed by atoms with Crippen molar-refractivity contribution in [3.8, 4) is 0 Å². The first kappa shape index (κ1) is 15.6. The van der Waals surface area contributed by atoms with E-state index in [1.807, 2.05) is 6.20 Å². The van der Waals surface area contributed by atoms with Crippen molar-refractivity contribution in [2.45, 2.75) is 19.4 Å². The molecule has 1 amide bonds. The Labute approximate surface area is 135 Å². The van der Waals surface area contributed by atoms with Crippen LogP contribution in [-0.4, -0.2) is 35.9 Å². The van der Waals surface area contributed by atoms with Gasteiger partial charge in [-0.3, -0.25) is 9.78 Å². The van der Waals surface area contributed by atoms with Gasteiger partial charge in [-0.05, 0) is 42.6 Å². The summed E-state index contributed by atoms with van der Waals surface area (Å²) in [6.45, 7) is 2.16. The van der Waals surface area contributed by atoms with Crippen molar-refractivity contribution in [1.29, 1.82) is 0 Å². The minimum atomic E-state index is -0.233. The summed E-state index contributed by atoms with van der Waals surface area (Å²) in [7, 11) is 2.06. The highest BCUT2D eigenvalue weighted by Gasteiger charge is 2.20. The maximum absolute atomic E-state index is 13.6. The topological polar surface area (TPSA) is 45.2 Å². The molecule has 5 heteroatoms. The Bertz CT molecular complexity index is 717. The van der Waals surface area contributed by atoms with Gasteiger partial charge in [0.2, 0.25) is 0 Å². The molecule has 4 nitrogen and oxygen atoms in total. The lowest BCUT2D eigenvalue weighted by Gasteiger charge is -2.26. The fraction of sp³-hybridized carbons (Fsp3) is 0.333. The molecule has 1 N–H and O–H groups in total. The summed E-state index contributed by atoms with van der Waals surface area (Å²) in [5.74, 6) is -0.362. The number of carbonyl (C=O) groups is 1. The molecule has 2 heterocycles. The second-order valence-electron chi connectivity index (χ2n) is 5.91. The number of amides is 1. The Morgan fingerprint density at radius 3 is 3.00 bits per heavy atom. The van der Waals surface area contributed by atoms with Crippen molar-refractivity contribution in [3.05, 3.63) is 64.7 Å². The fourth-order valence-electron chi connectivity index (χ4n) is 2.94. The van der Waals surface area contributed by atoms with Crippen molar-refractivity contribution in [2.24, 2.45) is 0 Å². The quantitative estimate of drug-likeness (QED) is 0.941. The number of likely N-dealkylation sites (N-methyl/N-ethyl adjacent to an activating group) is 1. The molecule has 1 aromatic heterocycles. The van der Waals surface area contributed by atoms with Gasteiger partial charge in [0.05, 0.1) is 5.56 Å². The summed E-state index contributed by atoms with van der Waals surface area (Å²) in [5, 5.41) is 2.88. The molecule has 2 aromatic rings. The minimum absolute atomic E-state index is 0.129. The summed E-state index contributed by atoms with van der Waals surface area (Å²) >= 11 is 0. The third-order valence-corrected chi connectivity index (χ3v) is 4.21. The van der Waals surface area contributed by atoms with Crippen LogP contribution in [0.2, 0.25) is 0 Å². The molecule has 0 saturated heterocycles. The molecule has 0 fully saturated rings. The van der Waals surface area contributed by atoms with Gasteiger partial charge in [0.25, 0.3) is 5.91 Å². The van der Waals surface area contributed by atoms with Crippen molar-refractivity contribution < 1.29 is 9.18 Å². The molecule has 1 aliphatic rings. The summed E-state index contributed by atoms with van der Waals surface area (Å²) in [4.78, 5) is 18.8. The van der Waals surface area contributed by atoms with E-state index in [4.69, 9.17) is 0 Å². The van der Waals surface area contributed by atoms with Crippen molar-refractivity contribution in [1.82, 2.24) is 15.2 Å². The number of carbonyl (C=O) groups excluding carboxylic acids is 1. The zero-order chi connectivity index (χ0) is 16.2. The monoisotopic (exact) mass is 313 g/mol. The summed E-state index contributed by atoms with van der Waals surface area (Å²) in [6.07, 6.45) is 4.79. The molecule has 0 aliphatic carbocycles. The molecular weight excluding hydrogens is 293 g/mol. The van der Waals surface area contributed by atoms with Crippen LogP contribution in [-0.2, 0) is 19.4 Å². The van der Waals surface area contributed by atoms with Gasteiger partial charge in [-0.25, -0.2) is 4.39 Å². The fourth-order valence-corrected chi connectivity index (χ4v) is 2.94. The largest absolute Gasteiger partial charge is 0.352 e.